The SMILES string of the molecule is CCCCCCCCCCCCCC=CC(O)(O)C(N)CO. The van der Waals surface area contributed by atoms with Crippen molar-refractivity contribution in [3.05, 3.63) is 12.2 Å². The molecule has 0 aliphatic rings. The first-order valence-corrected chi connectivity index (χ1v) is 9.03. The van der Waals surface area contributed by atoms with Crippen LogP contribution in [0.1, 0.15) is 84.0 Å². The van der Waals surface area contributed by atoms with Crippen LogP contribution >= 0.6 is 0 Å². The largest absolute Gasteiger partial charge is 0.395 e. The molecule has 4 nitrogen and oxygen atoms in total. The standard InChI is InChI=1S/C18H37NO3/c1-2-3-4-5-6-7-8-9-10-11-12-13-14-15-18(21,22)17(19)16-20/h14-15,17,20-22H,2-13,16,19H2,1H3. The monoisotopic (exact) mass is 315 g/mol. The molecule has 0 radical (unpaired) electrons. The number of unbranched alkanes of at least 4 members (excludes halogenated alkanes) is 11. The Kier molecular flexibility index (Phi) is 13.9. The Morgan fingerprint density at radius 2 is 1.32 bits per heavy atom. The Hall–Kier alpha value is -0.420. The Bertz CT molecular complexity index is 267. The Labute approximate surface area is 136 Å². The second kappa shape index (κ2) is 14.2. The van der Waals surface area contributed by atoms with E-state index >= 15 is 0 Å². The van der Waals surface area contributed by atoms with Crippen molar-refractivity contribution in [3.8, 4) is 0 Å². The molecule has 0 aromatic rings. The van der Waals surface area contributed by atoms with E-state index in [0.29, 0.717) is 0 Å². The molecule has 0 rings (SSSR count). The van der Waals surface area contributed by atoms with Gasteiger partial charge in [0, 0.05) is 0 Å². The summed E-state index contributed by atoms with van der Waals surface area (Å²) in [5.41, 5.74) is 5.40. The van der Waals surface area contributed by atoms with Crippen LogP contribution in [0, 0.1) is 0 Å². The molecular weight excluding hydrogens is 278 g/mol. The number of nitrogens with two attached hydrogens (primary N) is 1. The van der Waals surface area contributed by atoms with E-state index < -0.39 is 18.4 Å². The average molecular weight is 315 g/mol. The highest BCUT2D eigenvalue weighted by molar-refractivity contribution is 4.99. The van der Waals surface area contributed by atoms with Gasteiger partial charge < -0.3 is 21.1 Å². The summed E-state index contributed by atoms with van der Waals surface area (Å²) in [5.74, 6) is -2.10. The lowest BCUT2D eigenvalue weighted by Crippen LogP contribution is -2.48. The average Bonchev–Trinajstić information content (AvgIpc) is 2.50. The molecule has 1 atom stereocenters. The molecule has 0 amide bonds. The van der Waals surface area contributed by atoms with Crippen molar-refractivity contribution < 1.29 is 15.3 Å². The molecule has 0 bridgehead atoms. The van der Waals surface area contributed by atoms with Gasteiger partial charge in [-0.1, -0.05) is 77.2 Å². The first-order chi connectivity index (χ1) is 10.5. The van der Waals surface area contributed by atoms with Crippen LogP contribution in [0.25, 0.3) is 0 Å². The lowest BCUT2D eigenvalue weighted by atomic mass is 10.0. The molecular formula is C18H37NO3. The molecule has 5 N–H and O–H groups in total. The molecule has 0 aromatic heterocycles. The van der Waals surface area contributed by atoms with Crippen LogP contribution in [0.5, 0.6) is 0 Å². The summed E-state index contributed by atoms with van der Waals surface area (Å²) in [6.45, 7) is 1.80. The molecule has 0 saturated heterocycles. The third-order valence-electron chi connectivity index (χ3n) is 4.08. The van der Waals surface area contributed by atoms with Gasteiger partial charge in [-0.2, -0.15) is 0 Å². The second-order valence-electron chi connectivity index (χ2n) is 6.30. The first kappa shape index (κ1) is 21.6. The number of hydrogen-bond acceptors (Lipinski definition) is 4. The molecule has 132 valence electrons. The van der Waals surface area contributed by atoms with Gasteiger partial charge in [-0.3, -0.25) is 0 Å². The Balaban J connectivity index is 3.36. The zero-order valence-electron chi connectivity index (χ0n) is 14.3. The van der Waals surface area contributed by atoms with Gasteiger partial charge in [0.15, 0.2) is 0 Å². The smallest absolute Gasteiger partial charge is 0.200 e. The molecule has 0 aromatic carbocycles. The summed E-state index contributed by atoms with van der Waals surface area (Å²) in [4.78, 5) is 0. The topological polar surface area (TPSA) is 86.7 Å². The first-order valence-electron chi connectivity index (χ1n) is 9.03. The van der Waals surface area contributed by atoms with E-state index in [0.717, 1.165) is 12.8 Å². The highest BCUT2D eigenvalue weighted by Crippen LogP contribution is 2.13. The Morgan fingerprint density at radius 3 is 1.77 bits per heavy atom. The maximum Gasteiger partial charge on any atom is 0.200 e. The van der Waals surface area contributed by atoms with Crippen LogP contribution < -0.4 is 5.73 Å². The van der Waals surface area contributed by atoms with Crippen LogP contribution in [0.15, 0.2) is 12.2 Å². The molecule has 22 heavy (non-hydrogen) atoms. The van der Waals surface area contributed by atoms with Crippen molar-refractivity contribution in [2.45, 2.75) is 95.8 Å². The van der Waals surface area contributed by atoms with Gasteiger partial charge in [-0.05, 0) is 18.9 Å². The van der Waals surface area contributed by atoms with Crippen molar-refractivity contribution in [3.63, 3.8) is 0 Å². The van der Waals surface area contributed by atoms with E-state index in [9.17, 15) is 10.2 Å². The summed E-state index contributed by atoms with van der Waals surface area (Å²) < 4.78 is 0. The minimum Gasteiger partial charge on any atom is -0.395 e. The normalized spacial score (nSPS) is 13.9. The van der Waals surface area contributed by atoms with Gasteiger partial charge in [0.2, 0.25) is 5.79 Å². The highest BCUT2D eigenvalue weighted by Gasteiger charge is 2.27. The summed E-state index contributed by atoms with van der Waals surface area (Å²) in [6.07, 6.45) is 18.2. The lowest BCUT2D eigenvalue weighted by Gasteiger charge is -2.23. The zero-order valence-corrected chi connectivity index (χ0v) is 14.3. The molecule has 0 aliphatic carbocycles. The fraction of sp³-hybridized carbons (Fsp3) is 0.889. The highest BCUT2D eigenvalue weighted by atomic mass is 16.5. The molecule has 4 heteroatoms. The maximum atomic E-state index is 9.54. The van der Waals surface area contributed by atoms with Crippen LogP contribution in [0.2, 0.25) is 0 Å². The summed E-state index contributed by atoms with van der Waals surface area (Å²) in [7, 11) is 0. The molecule has 0 saturated carbocycles. The van der Waals surface area contributed by atoms with Gasteiger partial charge >= 0.3 is 0 Å². The number of rotatable bonds is 15. The van der Waals surface area contributed by atoms with E-state index in [-0.39, 0.29) is 0 Å². The summed E-state index contributed by atoms with van der Waals surface area (Å²) in [5, 5.41) is 27.9. The van der Waals surface area contributed by atoms with Gasteiger partial charge in [0.1, 0.15) is 0 Å². The quantitative estimate of drug-likeness (QED) is 0.212. The van der Waals surface area contributed by atoms with Crippen LogP contribution in [-0.2, 0) is 0 Å². The third kappa shape index (κ3) is 12.2. The predicted molar refractivity (Wildman–Crippen MR) is 92.4 cm³/mol. The number of hydrogen-bond donors (Lipinski definition) is 4. The van der Waals surface area contributed by atoms with Crippen molar-refractivity contribution in [2.24, 2.45) is 5.73 Å². The molecule has 0 spiro atoms. The van der Waals surface area contributed by atoms with Crippen molar-refractivity contribution in [1.29, 1.82) is 0 Å². The Morgan fingerprint density at radius 1 is 0.864 bits per heavy atom. The van der Waals surface area contributed by atoms with E-state index in [2.05, 4.69) is 6.92 Å². The summed E-state index contributed by atoms with van der Waals surface area (Å²) in [6, 6.07) is -1.05. The fourth-order valence-corrected chi connectivity index (χ4v) is 2.44. The maximum absolute atomic E-state index is 9.54. The third-order valence-corrected chi connectivity index (χ3v) is 4.08. The van der Waals surface area contributed by atoms with Crippen molar-refractivity contribution in [2.75, 3.05) is 6.61 Å². The van der Waals surface area contributed by atoms with Gasteiger partial charge in [0.25, 0.3) is 0 Å². The fourth-order valence-electron chi connectivity index (χ4n) is 2.44. The summed E-state index contributed by atoms with van der Waals surface area (Å²) >= 11 is 0. The van der Waals surface area contributed by atoms with E-state index in [1.54, 1.807) is 6.08 Å². The zero-order chi connectivity index (χ0) is 16.7. The van der Waals surface area contributed by atoms with Gasteiger partial charge in [-0.25, -0.2) is 0 Å². The molecule has 0 heterocycles. The molecule has 0 aliphatic heterocycles. The second-order valence-corrected chi connectivity index (χ2v) is 6.30. The van der Waals surface area contributed by atoms with Gasteiger partial charge in [0.05, 0.1) is 12.6 Å². The van der Waals surface area contributed by atoms with Crippen molar-refractivity contribution in [1.82, 2.24) is 0 Å². The van der Waals surface area contributed by atoms with E-state index in [1.807, 2.05) is 0 Å². The van der Waals surface area contributed by atoms with Crippen LogP contribution in [0.4, 0.5) is 0 Å². The minimum absolute atomic E-state index is 0.449. The van der Waals surface area contributed by atoms with Crippen molar-refractivity contribution >= 4 is 0 Å². The number of aliphatic hydroxyl groups excluding tert-OH is 1. The molecule has 0 fully saturated rings. The van der Waals surface area contributed by atoms with Gasteiger partial charge in [-0.15, -0.1) is 0 Å². The number of allylic oxidation sites excluding steroid dienone is 1. The predicted octanol–water partition coefficient (Wildman–Crippen LogP) is 3.24. The van der Waals surface area contributed by atoms with Crippen LogP contribution in [-0.4, -0.2) is 33.8 Å². The van der Waals surface area contributed by atoms with E-state index in [4.69, 9.17) is 10.8 Å². The van der Waals surface area contributed by atoms with E-state index in [1.165, 1.54) is 70.3 Å². The minimum atomic E-state index is -2.10. The molecule has 1 unspecified atom stereocenters. The lowest BCUT2D eigenvalue weighted by molar-refractivity contribution is -0.142. The number of aliphatic hydroxyl groups is 3. The van der Waals surface area contributed by atoms with Crippen LogP contribution in [0.3, 0.4) is 0 Å².